The quantitative estimate of drug-likeness (QED) is 0.0150. The van der Waals surface area contributed by atoms with Gasteiger partial charge in [-0.15, -0.1) is 0 Å². The van der Waals surface area contributed by atoms with E-state index in [1.807, 2.05) is 33.3 Å². The van der Waals surface area contributed by atoms with Gasteiger partial charge in [0.2, 0.25) is 0 Å². The van der Waals surface area contributed by atoms with Crippen molar-refractivity contribution in [1.82, 2.24) is 0 Å². The first-order valence-corrected chi connectivity index (χ1v) is 28.0. The highest BCUT2D eigenvalue weighted by Gasteiger charge is 2.35. The van der Waals surface area contributed by atoms with Gasteiger partial charge in [-0.05, 0) is 32.1 Å². The molecule has 0 aliphatic carbocycles. The van der Waals surface area contributed by atoms with E-state index in [1.165, 1.54) is 109 Å². The van der Waals surface area contributed by atoms with Gasteiger partial charge in [-0.1, -0.05) is 186 Å². The number of nitrogens with zero attached hydrogens (tertiary/aromatic N) is 1. The van der Waals surface area contributed by atoms with Crippen LogP contribution >= 0.6 is 7.82 Å². The number of unbranched alkanes of at least 4 members (excludes halogenated alkanes) is 23. The monoisotopic (exact) mass is 961 g/mol. The highest BCUT2D eigenvalue weighted by Crippen LogP contribution is 2.43. The standard InChI is InChI=1S/C52H98NO12P/c1-6-8-10-11-12-13-14-15-16-17-18-19-20-21-22-23-24-25-26-27-32-36-50(56)61-43-46(44-63-66(59,60)62-41-40-53(3,4)5)64-51(57)37-33-29-28-31-35-47-48(55)42-52(58)65-49(47)39-38-45(54)34-30-9-7-2/h28,31,38-39,45-49,52,54-55,58H,6-27,29-30,32-37,40-44H2,1-5H3/p+1/b31-28-,39-38+/t45-,46+,47-,48-,49+,52?/m0/s1. The number of phosphoric ester groups is 1. The van der Waals surface area contributed by atoms with Crippen molar-refractivity contribution in [3.63, 3.8) is 0 Å². The molecule has 0 spiro atoms. The molecule has 1 heterocycles. The van der Waals surface area contributed by atoms with Gasteiger partial charge in [0, 0.05) is 25.2 Å². The van der Waals surface area contributed by atoms with Crippen molar-refractivity contribution in [1.29, 1.82) is 0 Å². The van der Waals surface area contributed by atoms with Gasteiger partial charge in [-0.25, -0.2) is 4.57 Å². The molecule has 66 heavy (non-hydrogen) atoms. The number of likely N-dealkylation sites (N-methyl/N-ethyl adjacent to an activating group) is 1. The average molecular weight is 961 g/mol. The highest BCUT2D eigenvalue weighted by atomic mass is 31.2. The van der Waals surface area contributed by atoms with Crippen LogP contribution in [0, 0.1) is 5.92 Å². The van der Waals surface area contributed by atoms with E-state index in [2.05, 4.69) is 13.8 Å². The first kappa shape index (κ1) is 62.3. The summed E-state index contributed by atoms with van der Waals surface area (Å²) in [4.78, 5) is 35.8. The first-order valence-electron chi connectivity index (χ1n) is 26.5. The summed E-state index contributed by atoms with van der Waals surface area (Å²) in [6, 6.07) is 0. The number of carbonyl (C=O) groups is 2. The van der Waals surface area contributed by atoms with Gasteiger partial charge in [-0.3, -0.25) is 18.6 Å². The van der Waals surface area contributed by atoms with Crippen LogP contribution in [-0.2, 0) is 37.4 Å². The minimum atomic E-state index is -4.46. The van der Waals surface area contributed by atoms with Gasteiger partial charge in [0.25, 0.3) is 0 Å². The number of hydrogen-bond acceptors (Lipinski definition) is 11. The lowest BCUT2D eigenvalue weighted by Gasteiger charge is -2.36. The topological polar surface area (TPSA) is 178 Å². The van der Waals surface area contributed by atoms with Crippen molar-refractivity contribution in [2.75, 3.05) is 47.5 Å². The van der Waals surface area contributed by atoms with Gasteiger partial charge in [0.15, 0.2) is 12.4 Å². The maximum Gasteiger partial charge on any atom is 0.472 e. The Labute approximate surface area is 402 Å². The molecule has 388 valence electrons. The Bertz CT molecular complexity index is 1290. The predicted molar refractivity (Wildman–Crippen MR) is 265 cm³/mol. The van der Waals surface area contributed by atoms with Crippen LogP contribution in [0.2, 0.25) is 0 Å². The smallest absolute Gasteiger partial charge is 0.462 e. The van der Waals surface area contributed by atoms with Gasteiger partial charge in [-0.2, -0.15) is 0 Å². The zero-order chi connectivity index (χ0) is 48.7. The van der Waals surface area contributed by atoms with Crippen molar-refractivity contribution in [3.05, 3.63) is 24.3 Å². The number of phosphoric acid groups is 1. The summed E-state index contributed by atoms with van der Waals surface area (Å²) in [6.45, 7) is 4.04. The van der Waals surface area contributed by atoms with E-state index in [-0.39, 0.29) is 38.4 Å². The first-order chi connectivity index (χ1) is 31.7. The van der Waals surface area contributed by atoms with E-state index in [9.17, 15) is 34.4 Å². The molecule has 0 amide bonds. The summed E-state index contributed by atoms with van der Waals surface area (Å²) in [6.07, 6.45) is 35.6. The number of allylic oxidation sites excluding steroid dienone is 2. The van der Waals surface area contributed by atoms with Crippen molar-refractivity contribution < 1.29 is 62.1 Å². The maximum atomic E-state index is 12.9. The lowest BCUT2D eigenvalue weighted by atomic mass is 9.87. The summed E-state index contributed by atoms with van der Waals surface area (Å²) >= 11 is 0. The summed E-state index contributed by atoms with van der Waals surface area (Å²) in [5.41, 5.74) is 0. The number of carbonyl (C=O) groups excluding carboxylic acids is 2. The second-order valence-corrected chi connectivity index (χ2v) is 21.3. The molecule has 0 aromatic carbocycles. The van der Waals surface area contributed by atoms with Crippen molar-refractivity contribution >= 4 is 19.8 Å². The van der Waals surface area contributed by atoms with Gasteiger partial charge in [0.1, 0.15) is 19.8 Å². The Balaban J connectivity index is 2.40. The number of quaternary nitrogens is 1. The molecule has 0 aromatic rings. The average Bonchev–Trinajstić information content (AvgIpc) is 3.25. The van der Waals surface area contributed by atoms with Gasteiger partial charge in [0.05, 0.1) is 46.1 Å². The molecular weight excluding hydrogens is 862 g/mol. The fraction of sp³-hybridized carbons (Fsp3) is 0.885. The van der Waals surface area contributed by atoms with E-state index in [0.29, 0.717) is 43.1 Å². The largest absolute Gasteiger partial charge is 0.472 e. The third-order valence-electron chi connectivity index (χ3n) is 12.3. The molecule has 13 nitrogen and oxygen atoms in total. The molecule has 14 heteroatoms. The normalized spacial score (nSPS) is 19.9. The summed E-state index contributed by atoms with van der Waals surface area (Å²) < 4.78 is 40.1. The molecule has 0 aromatic heterocycles. The zero-order valence-corrected chi connectivity index (χ0v) is 43.4. The Morgan fingerprint density at radius 3 is 1.76 bits per heavy atom. The molecule has 7 atom stereocenters. The second-order valence-electron chi connectivity index (χ2n) is 19.8. The van der Waals surface area contributed by atoms with Crippen LogP contribution in [0.5, 0.6) is 0 Å². The minimum absolute atomic E-state index is 0.0158. The molecule has 1 fully saturated rings. The zero-order valence-electron chi connectivity index (χ0n) is 42.5. The van der Waals surface area contributed by atoms with E-state index in [1.54, 1.807) is 12.2 Å². The van der Waals surface area contributed by atoms with Crippen molar-refractivity contribution in [3.8, 4) is 0 Å². The summed E-state index contributed by atoms with van der Waals surface area (Å²) in [7, 11) is 1.32. The van der Waals surface area contributed by atoms with Crippen LogP contribution in [0.4, 0.5) is 0 Å². The summed E-state index contributed by atoms with van der Waals surface area (Å²) in [5, 5.41) is 31.1. The predicted octanol–water partition coefficient (Wildman–Crippen LogP) is 11.6. The number of aliphatic hydroxyl groups is 3. The van der Waals surface area contributed by atoms with Crippen molar-refractivity contribution in [2.24, 2.45) is 5.92 Å². The fourth-order valence-electron chi connectivity index (χ4n) is 8.06. The molecule has 0 bridgehead atoms. The molecule has 4 N–H and O–H groups in total. The fourth-order valence-corrected chi connectivity index (χ4v) is 8.80. The Morgan fingerprint density at radius 1 is 0.697 bits per heavy atom. The van der Waals surface area contributed by atoms with Crippen LogP contribution in [-0.4, -0.2) is 115 Å². The third-order valence-corrected chi connectivity index (χ3v) is 13.3. The molecule has 1 aliphatic rings. The lowest BCUT2D eigenvalue weighted by molar-refractivity contribution is -0.870. The molecule has 0 saturated carbocycles. The number of ether oxygens (including phenoxy) is 3. The van der Waals surface area contributed by atoms with Crippen LogP contribution in [0.3, 0.4) is 0 Å². The van der Waals surface area contributed by atoms with Crippen molar-refractivity contribution in [2.45, 2.75) is 244 Å². The molecular formula is C52H99NO12P+. The number of esters is 2. The number of aliphatic hydroxyl groups excluding tert-OH is 3. The van der Waals surface area contributed by atoms with Crippen LogP contribution in [0.25, 0.3) is 0 Å². The Kier molecular flexibility index (Phi) is 37.9. The maximum absolute atomic E-state index is 12.9. The molecule has 0 radical (unpaired) electrons. The second kappa shape index (κ2) is 40.1. The van der Waals surface area contributed by atoms with E-state index >= 15 is 0 Å². The number of hydrogen-bond donors (Lipinski definition) is 4. The van der Waals surface area contributed by atoms with E-state index < -0.39 is 57.1 Å². The number of rotatable bonds is 44. The highest BCUT2D eigenvalue weighted by molar-refractivity contribution is 7.47. The van der Waals surface area contributed by atoms with E-state index in [4.69, 9.17) is 23.3 Å². The van der Waals surface area contributed by atoms with Gasteiger partial charge < -0.3 is 38.9 Å². The third kappa shape index (κ3) is 37.3. The SMILES string of the molecule is CCCCCCCCCCCCCCCCCCCCCCCC(=O)OC[C@H](COP(=O)(O)OCC[N+](C)(C)C)OC(=O)CCC/C=C\C[C@H]1[C@@H](O)CC(O)O[C@@H]1/C=C/[C@@H](O)CCCCC. The Hall–Kier alpha value is -1.67. The Morgan fingerprint density at radius 2 is 1.21 bits per heavy atom. The molecule has 1 saturated heterocycles. The summed E-state index contributed by atoms with van der Waals surface area (Å²) in [5.74, 6) is -1.30. The van der Waals surface area contributed by atoms with Crippen LogP contribution in [0.1, 0.15) is 213 Å². The molecule has 1 aliphatic heterocycles. The minimum Gasteiger partial charge on any atom is -0.462 e. The van der Waals surface area contributed by atoms with Crippen LogP contribution in [0.15, 0.2) is 24.3 Å². The van der Waals surface area contributed by atoms with Crippen LogP contribution < -0.4 is 0 Å². The molecule has 2 unspecified atom stereocenters. The van der Waals surface area contributed by atoms with E-state index in [0.717, 1.165) is 38.5 Å². The molecule has 1 rings (SSSR count). The lowest BCUT2D eigenvalue weighted by Crippen LogP contribution is -2.43. The van der Waals surface area contributed by atoms with Gasteiger partial charge >= 0.3 is 19.8 Å².